The highest BCUT2D eigenvalue weighted by atomic mass is 16.5. The summed E-state index contributed by atoms with van der Waals surface area (Å²) in [6.45, 7) is 8.88. The molecule has 0 amide bonds. The molecule has 1 atom stereocenters. The van der Waals surface area contributed by atoms with E-state index in [1.807, 2.05) is 19.1 Å². The van der Waals surface area contributed by atoms with Gasteiger partial charge in [0.2, 0.25) is 5.75 Å². The molecular weight excluding hydrogens is 318 g/mol. The van der Waals surface area contributed by atoms with Crippen LogP contribution in [0.3, 0.4) is 0 Å². The predicted octanol–water partition coefficient (Wildman–Crippen LogP) is 2.95. The molecule has 0 saturated carbocycles. The summed E-state index contributed by atoms with van der Waals surface area (Å²) in [7, 11) is 4.87. The Labute approximate surface area is 150 Å². The molecule has 2 rings (SSSR count). The van der Waals surface area contributed by atoms with E-state index >= 15 is 0 Å². The Morgan fingerprint density at radius 3 is 2.16 bits per heavy atom. The molecular formula is C19H29N3O3. The van der Waals surface area contributed by atoms with Crippen LogP contribution < -0.4 is 19.5 Å². The van der Waals surface area contributed by atoms with Gasteiger partial charge in [0.05, 0.1) is 27.0 Å². The van der Waals surface area contributed by atoms with Gasteiger partial charge in [0, 0.05) is 18.8 Å². The molecule has 0 spiro atoms. The van der Waals surface area contributed by atoms with E-state index in [9.17, 15) is 0 Å². The normalized spacial score (nSPS) is 12.1. The van der Waals surface area contributed by atoms with E-state index in [1.54, 1.807) is 21.3 Å². The van der Waals surface area contributed by atoms with Crippen LogP contribution in [-0.2, 0) is 13.1 Å². The minimum absolute atomic E-state index is 0.472. The first-order valence-electron chi connectivity index (χ1n) is 8.49. The van der Waals surface area contributed by atoms with Gasteiger partial charge in [-0.25, -0.2) is 0 Å². The summed E-state index contributed by atoms with van der Waals surface area (Å²) in [4.78, 5) is 0. The zero-order valence-electron chi connectivity index (χ0n) is 16.0. The Balaban J connectivity index is 1.93. The van der Waals surface area contributed by atoms with Crippen molar-refractivity contribution in [3.05, 3.63) is 35.2 Å². The van der Waals surface area contributed by atoms with Crippen LogP contribution in [0.4, 0.5) is 0 Å². The Morgan fingerprint density at radius 1 is 1.04 bits per heavy atom. The first-order valence-corrected chi connectivity index (χ1v) is 8.49. The summed E-state index contributed by atoms with van der Waals surface area (Å²) in [6, 6.07) is 6.05. The van der Waals surface area contributed by atoms with Crippen LogP contribution in [0.25, 0.3) is 0 Å². The summed E-state index contributed by atoms with van der Waals surface area (Å²) in [5, 5.41) is 8.02. The van der Waals surface area contributed by atoms with Gasteiger partial charge in [-0.2, -0.15) is 5.10 Å². The van der Waals surface area contributed by atoms with Crippen molar-refractivity contribution in [3.63, 3.8) is 0 Å². The number of benzene rings is 1. The lowest BCUT2D eigenvalue weighted by Gasteiger charge is -2.16. The van der Waals surface area contributed by atoms with Gasteiger partial charge in [0.1, 0.15) is 0 Å². The summed E-state index contributed by atoms with van der Waals surface area (Å²) in [5.41, 5.74) is 3.36. The van der Waals surface area contributed by atoms with Crippen molar-refractivity contribution in [2.75, 3.05) is 27.9 Å². The third kappa shape index (κ3) is 4.89. The standard InChI is InChI=1S/C19H29N3O3/c1-13(12-22-15(3)7-14(2)21-22)10-20-11-16-8-17(23-4)19(25-6)18(9-16)24-5/h7-9,13,20H,10-12H2,1-6H3. The average Bonchev–Trinajstić information content (AvgIpc) is 2.90. The monoisotopic (exact) mass is 347 g/mol. The molecule has 1 unspecified atom stereocenters. The van der Waals surface area contributed by atoms with Crippen molar-refractivity contribution in [2.45, 2.75) is 33.9 Å². The third-order valence-corrected chi connectivity index (χ3v) is 4.13. The lowest BCUT2D eigenvalue weighted by molar-refractivity contribution is 0.323. The van der Waals surface area contributed by atoms with Crippen LogP contribution in [0.2, 0.25) is 0 Å². The topological polar surface area (TPSA) is 57.5 Å². The Morgan fingerprint density at radius 2 is 1.68 bits per heavy atom. The molecule has 0 bridgehead atoms. The van der Waals surface area contributed by atoms with Crippen molar-refractivity contribution in [2.24, 2.45) is 5.92 Å². The minimum atomic E-state index is 0.472. The fraction of sp³-hybridized carbons (Fsp3) is 0.526. The maximum absolute atomic E-state index is 5.40. The minimum Gasteiger partial charge on any atom is -0.493 e. The number of rotatable bonds is 9. The van der Waals surface area contributed by atoms with Crippen molar-refractivity contribution >= 4 is 0 Å². The maximum atomic E-state index is 5.40. The number of hydrogen-bond acceptors (Lipinski definition) is 5. The van der Waals surface area contributed by atoms with Gasteiger partial charge >= 0.3 is 0 Å². The van der Waals surface area contributed by atoms with E-state index in [1.165, 1.54) is 5.69 Å². The smallest absolute Gasteiger partial charge is 0.203 e. The summed E-state index contributed by atoms with van der Waals surface area (Å²) in [5.74, 6) is 2.44. The number of ether oxygens (including phenoxy) is 3. The highest BCUT2D eigenvalue weighted by Crippen LogP contribution is 2.38. The summed E-state index contributed by atoms with van der Waals surface area (Å²) in [6.07, 6.45) is 0. The second-order valence-corrected chi connectivity index (χ2v) is 6.38. The van der Waals surface area contributed by atoms with Crippen LogP contribution in [0, 0.1) is 19.8 Å². The van der Waals surface area contributed by atoms with Crippen LogP contribution >= 0.6 is 0 Å². The average molecular weight is 347 g/mol. The highest BCUT2D eigenvalue weighted by Gasteiger charge is 2.13. The van der Waals surface area contributed by atoms with E-state index in [2.05, 4.69) is 35.0 Å². The molecule has 0 saturated heterocycles. The first kappa shape index (κ1) is 19.1. The maximum Gasteiger partial charge on any atom is 0.203 e. The van der Waals surface area contributed by atoms with E-state index in [0.717, 1.165) is 30.9 Å². The van der Waals surface area contributed by atoms with Gasteiger partial charge in [-0.15, -0.1) is 0 Å². The fourth-order valence-electron chi connectivity index (χ4n) is 2.92. The quantitative estimate of drug-likeness (QED) is 0.756. The molecule has 1 N–H and O–H groups in total. The lowest BCUT2D eigenvalue weighted by Crippen LogP contribution is -2.24. The van der Waals surface area contributed by atoms with E-state index in [0.29, 0.717) is 23.2 Å². The molecule has 0 aliphatic rings. The van der Waals surface area contributed by atoms with Crippen LogP contribution in [0.1, 0.15) is 23.9 Å². The van der Waals surface area contributed by atoms with Crippen LogP contribution in [0.5, 0.6) is 17.2 Å². The van der Waals surface area contributed by atoms with Gasteiger partial charge in [-0.05, 0) is 50.1 Å². The molecule has 1 aromatic carbocycles. The highest BCUT2D eigenvalue weighted by molar-refractivity contribution is 5.53. The lowest BCUT2D eigenvalue weighted by atomic mass is 10.1. The summed E-state index contributed by atoms with van der Waals surface area (Å²) >= 11 is 0. The van der Waals surface area contributed by atoms with Crippen LogP contribution in [-0.4, -0.2) is 37.7 Å². The van der Waals surface area contributed by atoms with Crippen LogP contribution in [0.15, 0.2) is 18.2 Å². The van der Waals surface area contributed by atoms with Crippen molar-refractivity contribution in [3.8, 4) is 17.2 Å². The molecule has 0 radical (unpaired) electrons. The SMILES string of the molecule is COc1cc(CNCC(C)Cn2nc(C)cc2C)cc(OC)c1OC. The zero-order valence-corrected chi connectivity index (χ0v) is 16.0. The number of nitrogens with zero attached hydrogens (tertiary/aromatic N) is 2. The zero-order chi connectivity index (χ0) is 18.4. The Bertz CT molecular complexity index is 672. The number of nitrogens with one attached hydrogen (secondary N) is 1. The first-order chi connectivity index (χ1) is 12.0. The Kier molecular flexibility index (Phi) is 6.70. The largest absolute Gasteiger partial charge is 0.493 e. The molecule has 6 nitrogen and oxygen atoms in total. The molecule has 0 fully saturated rings. The molecule has 138 valence electrons. The number of methoxy groups -OCH3 is 3. The van der Waals surface area contributed by atoms with E-state index < -0.39 is 0 Å². The number of aromatic nitrogens is 2. The third-order valence-electron chi connectivity index (χ3n) is 4.13. The van der Waals surface area contributed by atoms with E-state index in [4.69, 9.17) is 14.2 Å². The molecule has 25 heavy (non-hydrogen) atoms. The van der Waals surface area contributed by atoms with Crippen molar-refractivity contribution < 1.29 is 14.2 Å². The molecule has 1 heterocycles. The molecule has 6 heteroatoms. The fourth-order valence-corrected chi connectivity index (χ4v) is 2.92. The molecule has 2 aromatic rings. The van der Waals surface area contributed by atoms with Gasteiger partial charge < -0.3 is 19.5 Å². The van der Waals surface area contributed by atoms with E-state index in [-0.39, 0.29) is 0 Å². The molecule has 0 aliphatic carbocycles. The van der Waals surface area contributed by atoms with Gasteiger partial charge in [-0.1, -0.05) is 6.92 Å². The second kappa shape index (κ2) is 8.76. The van der Waals surface area contributed by atoms with Crippen molar-refractivity contribution in [1.29, 1.82) is 0 Å². The summed E-state index contributed by atoms with van der Waals surface area (Å²) < 4.78 is 18.2. The predicted molar refractivity (Wildman–Crippen MR) is 98.7 cm³/mol. The molecule has 0 aliphatic heterocycles. The number of aryl methyl sites for hydroxylation is 2. The van der Waals surface area contributed by atoms with Crippen molar-refractivity contribution in [1.82, 2.24) is 15.1 Å². The molecule has 1 aromatic heterocycles. The Hall–Kier alpha value is -2.21. The van der Waals surface area contributed by atoms with Gasteiger partial charge in [0.15, 0.2) is 11.5 Å². The number of hydrogen-bond donors (Lipinski definition) is 1. The van der Waals surface area contributed by atoms with Gasteiger partial charge in [0.25, 0.3) is 0 Å². The second-order valence-electron chi connectivity index (χ2n) is 6.38. The van der Waals surface area contributed by atoms with Gasteiger partial charge in [-0.3, -0.25) is 4.68 Å².